The molecule has 5 unspecified atom stereocenters. The number of unbranched alkanes of at least 4 members (excludes halogenated alkanes) is 7. The lowest BCUT2D eigenvalue weighted by molar-refractivity contribution is -0.146. The van der Waals surface area contributed by atoms with Crippen LogP contribution in [0.4, 0.5) is 0 Å². The van der Waals surface area contributed by atoms with Crippen molar-refractivity contribution in [1.82, 2.24) is 4.98 Å². The van der Waals surface area contributed by atoms with E-state index in [4.69, 9.17) is 0 Å². The second-order valence-corrected chi connectivity index (χ2v) is 12.9. The number of aromatic nitrogens is 1. The molecule has 0 aliphatic heterocycles. The standard InChI is InChI=1S/C35H55NO7/c1-2-3-4-5-8-13-28(37)14-9-6-7-10-15-31(34(41)42)33(40)18-20-35(43)19-11-12-26(35)23-27-16-17-32(36-27)25-21-29(38)24-30(39)22-25/h16-17,21-22,24,26,28,31,33,36-40,43H,2-15,18-20,23H2,1H3,(H,41,42). The van der Waals surface area contributed by atoms with Gasteiger partial charge in [-0.2, -0.15) is 0 Å². The van der Waals surface area contributed by atoms with Gasteiger partial charge in [0.2, 0.25) is 0 Å². The molecular weight excluding hydrogens is 546 g/mol. The monoisotopic (exact) mass is 601 g/mol. The number of phenols is 2. The average molecular weight is 602 g/mol. The molecule has 3 rings (SSSR count). The third kappa shape index (κ3) is 11.5. The molecule has 242 valence electrons. The Morgan fingerprint density at radius 2 is 1.53 bits per heavy atom. The third-order valence-corrected chi connectivity index (χ3v) is 9.45. The fourth-order valence-corrected chi connectivity index (χ4v) is 6.80. The van der Waals surface area contributed by atoms with Gasteiger partial charge in [-0.15, -0.1) is 0 Å². The van der Waals surface area contributed by atoms with E-state index in [0.717, 1.165) is 69.2 Å². The van der Waals surface area contributed by atoms with Gasteiger partial charge in [0.05, 0.1) is 23.7 Å². The van der Waals surface area contributed by atoms with Gasteiger partial charge in [0.25, 0.3) is 0 Å². The van der Waals surface area contributed by atoms with Gasteiger partial charge in [-0.3, -0.25) is 4.79 Å². The number of H-pyrrole nitrogens is 1. The summed E-state index contributed by atoms with van der Waals surface area (Å²) in [4.78, 5) is 15.3. The maximum Gasteiger partial charge on any atom is 0.309 e. The van der Waals surface area contributed by atoms with Gasteiger partial charge in [-0.1, -0.05) is 71.1 Å². The van der Waals surface area contributed by atoms with Crippen molar-refractivity contribution in [3.8, 4) is 22.8 Å². The summed E-state index contributed by atoms with van der Waals surface area (Å²) >= 11 is 0. The van der Waals surface area contributed by atoms with Gasteiger partial charge in [-0.25, -0.2) is 0 Å². The third-order valence-electron chi connectivity index (χ3n) is 9.45. The van der Waals surface area contributed by atoms with E-state index in [2.05, 4.69) is 11.9 Å². The molecule has 0 saturated heterocycles. The minimum absolute atomic E-state index is 0.0150. The number of aliphatic hydroxyl groups is 3. The van der Waals surface area contributed by atoms with Gasteiger partial charge < -0.3 is 35.6 Å². The van der Waals surface area contributed by atoms with E-state index in [0.29, 0.717) is 31.2 Å². The van der Waals surface area contributed by atoms with Crippen molar-refractivity contribution in [1.29, 1.82) is 0 Å². The number of rotatable bonds is 21. The molecular formula is C35H55NO7. The number of benzene rings is 1. The van der Waals surface area contributed by atoms with Crippen LogP contribution in [0.15, 0.2) is 30.3 Å². The highest BCUT2D eigenvalue weighted by molar-refractivity contribution is 5.70. The molecule has 5 atom stereocenters. The lowest BCUT2D eigenvalue weighted by Crippen LogP contribution is -2.37. The first-order chi connectivity index (χ1) is 20.6. The van der Waals surface area contributed by atoms with Crippen LogP contribution in [0.25, 0.3) is 11.3 Å². The summed E-state index contributed by atoms with van der Waals surface area (Å²) < 4.78 is 0. The number of carboxylic acid groups (broad SMARTS) is 1. The van der Waals surface area contributed by atoms with E-state index in [1.54, 1.807) is 12.1 Å². The van der Waals surface area contributed by atoms with Gasteiger partial charge in [0.1, 0.15) is 11.5 Å². The number of hydrogen-bond acceptors (Lipinski definition) is 6. The Kier molecular flexibility index (Phi) is 14.4. The van der Waals surface area contributed by atoms with E-state index in [9.17, 15) is 35.4 Å². The fraction of sp³-hybridized carbons (Fsp3) is 0.686. The molecule has 43 heavy (non-hydrogen) atoms. The summed E-state index contributed by atoms with van der Waals surface area (Å²) in [6, 6.07) is 8.25. The molecule has 8 heteroatoms. The van der Waals surface area contributed by atoms with Crippen molar-refractivity contribution in [2.45, 2.75) is 140 Å². The number of hydrogen-bond donors (Lipinski definition) is 7. The van der Waals surface area contributed by atoms with Gasteiger partial charge in [-0.05, 0) is 81.5 Å². The van der Waals surface area contributed by atoms with Gasteiger partial charge in [0, 0.05) is 23.0 Å². The number of aliphatic carboxylic acids is 1. The second-order valence-electron chi connectivity index (χ2n) is 12.9. The highest BCUT2D eigenvalue weighted by Crippen LogP contribution is 2.42. The lowest BCUT2D eigenvalue weighted by atomic mass is 9.81. The van der Waals surface area contributed by atoms with Crippen molar-refractivity contribution in [3.63, 3.8) is 0 Å². The first kappa shape index (κ1) is 34.9. The Labute approximate surface area is 257 Å². The van der Waals surface area contributed by atoms with Gasteiger partial charge >= 0.3 is 5.97 Å². The topological polar surface area (TPSA) is 154 Å². The van der Waals surface area contributed by atoms with Crippen LogP contribution in [0.3, 0.4) is 0 Å². The molecule has 1 aromatic heterocycles. The quantitative estimate of drug-likeness (QED) is 0.0755. The summed E-state index contributed by atoms with van der Waals surface area (Å²) in [6.45, 7) is 2.20. The van der Waals surface area contributed by atoms with Crippen LogP contribution in [-0.4, -0.2) is 59.4 Å². The molecule has 1 aromatic carbocycles. The predicted molar refractivity (Wildman–Crippen MR) is 169 cm³/mol. The molecule has 8 nitrogen and oxygen atoms in total. The Morgan fingerprint density at radius 1 is 0.907 bits per heavy atom. The van der Waals surface area contributed by atoms with Crippen molar-refractivity contribution in [2.75, 3.05) is 0 Å². The minimum Gasteiger partial charge on any atom is -0.508 e. The largest absolute Gasteiger partial charge is 0.508 e. The van der Waals surface area contributed by atoms with Crippen LogP contribution in [0.2, 0.25) is 0 Å². The summed E-state index contributed by atoms with van der Waals surface area (Å²) in [5.41, 5.74) is 1.40. The minimum atomic E-state index is -1.01. The molecule has 1 heterocycles. The lowest BCUT2D eigenvalue weighted by Gasteiger charge is -2.32. The predicted octanol–water partition coefficient (Wildman–Crippen LogP) is 7.07. The molecule has 1 aliphatic carbocycles. The maximum atomic E-state index is 12.0. The zero-order valence-corrected chi connectivity index (χ0v) is 26.0. The van der Waals surface area contributed by atoms with E-state index in [1.807, 2.05) is 12.1 Å². The van der Waals surface area contributed by atoms with Crippen molar-refractivity contribution >= 4 is 5.97 Å². The molecule has 0 radical (unpaired) electrons. The molecule has 7 N–H and O–H groups in total. The number of carboxylic acids is 1. The first-order valence-electron chi connectivity index (χ1n) is 16.6. The average Bonchev–Trinajstić information content (AvgIpc) is 3.57. The summed E-state index contributed by atoms with van der Waals surface area (Å²) in [6.07, 6.45) is 13.9. The smallest absolute Gasteiger partial charge is 0.309 e. The Hall–Kier alpha value is -2.55. The molecule has 0 bridgehead atoms. The van der Waals surface area contributed by atoms with Crippen LogP contribution in [0.5, 0.6) is 11.5 Å². The summed E-state index contributed by atoms with van der Waals surface area (Å²) in [5.74, 6) is -1.89. The van der Waals surface area contributed by atoms with E-state index < -0.39 is 23.6 Å². The summed E-state index contributed by atoms with van der Waals surface area (Å²) in [7, 11) is 0. The van der Waals surface area contributed by atoms with Crippen LogP contribution in [-0.2, 0) is 11.2 Å². The number of aromatic amines is 1. The van der Waals surface area contributed by atoms with Crippen LogP contribution in [0.1, 0.15) is 122 Å². The maximum absolute atomic E-state index is 12.0. The normalized spacial score (nSPS) is 20.7. The number of aliphatic hydroxyl groups excluding tert-OH is 2. The fourth-order valence-electron chi connectivity index (χ4n) is 6.80. The van der Waals surface area contributed by atoms with Crippen LogP contribution >= 0.6 is 0 Å². The molecule has 1 fully saturated rings. The number of phenolic OH excluding ortho intramolecular Hbond substituents is 2. The summed E-state index contributed by atoms with van der Waals surface area (Å²) in [5, 5.41) is 62.0. The number of carbonyl (C=O) groups is 1. The molecule has 1 aliphatic rings. The molecule has 0 amide bonds. The van der Waals surface area contributed by atoms with Crippen molar-refractivity contribution < 1.29 is 35.4 Å². The van der Waals surface area contributed by atoms with Crippen LogP contribution in [0, 0.1) is 11.8 Å². The van der Waals surface area contributed by atoms with E-state index >= 15 is 0 Å². The van der Waals surface area contributed by atoms with Crippen molar-refractivity contribution in [2.24, 2.45) is 11.8 Å². The number of nitrogens with one attached hydrogen (secondary N) is 1. The van der Waals surface area contributed by atoms with E-state index in [1.165, 1.54) is 31.7 Å². The van der Waals surface area contributed by atoms with Crippen molar-refractivity contribution in [3.05, 3.63) is 36.0 Å². The second kappa shape index (κ2) is 17.7. The zero-order valence-electron chi connectivity index (χ0n) is 26.0. The van der Waals surface area contributed by atoms with Gasteiger partial charge in [0.15, 0.2) is 0 Å². The molecule has 1 saturated carbocycles. The highest BCUT2D eigenvalue weighted by atomic mass is 16.4. The molecule has 0 spiro atoms. The van der Waals surface area contributed by atoms with Crippen LogP contribution < -0.4 is 0 Å². The Balaban J connectivity index is 1.40. The number of aromatic hydroxyl groups is 2. The molecule has 2 aromatic rings. The SMILES string of the molecule is CCCCCCCC(O)CCCCCCC(C(=O)O)C(O)CCC1(O)CCCC1Cc1ccc(-c2cc(O)cc(O)c2)[nH]1. The first-order valence-corrected chi connectivity index (χ1v) is 16.6. The van der Waals surface area contributed by atoms with E-state index in [-0.39, 0.29) is 29.9 Å². The Bertz CT molecular complexity index is 1080. The highest BCUT2D eigenvalue weighted by Gasteiger charge is 2.42. The Morgan fingerprint density at radius 3 is 2.16 bits per heavy atom. The zero-order chi connectivity index (χ0) is 31.2.